The van der Waals surface area contributed by atoms with Crippen molar-refractivity contribution in [2.75, 3.05) is 13.2 Å². The Labute approximate surface area is 168 Å². The summed E-state index contributed by atoms with van der Waals surface area (Å²) in [5, 5.41) is -0.502. The molecule has 8 heteroatoms. The second-order valence-corrected chi connectivity index (χ2v) is 9.44. The molecule has 3 atom stereocenters. The molecular weight excluding hydrogens is 409 g/mol. The lowest BCUT2D eigenvalue weighted by atomic mass is 10.00. The molecule has 1 fully saturated rings. The molecule has 144 valence electrons. The van der Waals surface area contributed by atoms with Gasteiger partial charge in [-0.1, -0.05) is 36.0 Å². The van der Waals surface area contributed by atoms with E-state index in [1.807, 2.05) is 0 Å². The van der Waals surface area contributed by atoms with E-state index in [0.29, 0.717) is 17.2 Å². The summed E-state index contributed by atoms with van der Waals surface area (Å²) in [6.07, 6.45) is 0. The van der Waals surface area contributed by atoms with E-state index in [1.165, 1.54) is 36.4 Å². The molecule has 0 spiro atoms. The number of benzene rings is 2. The van der Waals surface area contributed by atoms with Gasteiger partial charge in [-0.2, -0.15) is 0 Å². The first-order chi connectivity index (χ1) is 12.7. The summed E-state index contributed by atoms with van der Waals surface area (Å²) in [5.41, 5.74) is 5.45. The van der Waals surface area contributed by atoms with E-state index in [4.69, 9.17) is 34.3 Å². The van der Waals surface area contributed by atoms with Crippen LogP contribution in [-0.4, -0.2) is 31.9 Å². The lowest BCUT2D eigenvalue weighted by Gasteiger charge is -2.17. The van der Waals surface area contributed by atoms with Crippen molar-refractivity contribution < 1.29 is 17.5 Å². The van der Waals surface area contributed by atoms with Gasteiger partial charge in [0.15, 0.2) is 9.84 Å². The second-order valence-electron chi connectivity index (χ2n) is 6.49. The number of thiocarbonyl (C=S) groups is 1. The predicted molar refractivity (Wildman–Crippen MR) is 107 cm³/mol. The minimum atomic E-state index is -3.80. The third kappa shape index (κ3) is 3.49. The highest BCUT2D eigenvalue weighted by Gasteiger charge is 2.73. The number of ether oxygens (including phenoxy) is 1. The molecule has 4 nitrogen and oxygen atoms in total. The zero-order valence-corrected chi connectivity index (χ0v) is 17.0. The zero-order chi connectivity index (χ0) is 19.8. The highest BCUT2D eigenvalue weighted by molar-refractivity contribution is 7.92. The second kappa shape index (κ2) is 7.47. The molecule has 0 bridgehead atoms. The Morgan fingerprint density at radius 1 is 1.30 bits per heavy atom. The van der Waals surface area contributed by atoms with Gasteiger partial charge in [-0.3, -0.25) is 0 Å². The average molecular weight is 428 g/mol. The molecule has 1 aliphatic carbocycles. The van der Waals surface area contributed by atoms with Gasteiger partial charge < -0.3 is 10.5 Å². The first-order valence-electron chi connectivity index (χ1n) is 8.37. The molecule has 0 aliphatic heterocycles. The number of nitrogens with two attached hydrogens (primary N) is 1. The van der Waals surface area contributed by atoms with Crippen molar-refractivity contribution in [2.45, 2.75) is 23.0 Å². The molecule has 0 aromatic heterocycles. The number of halogens is 2. The van der Waals surface area contributed by atoms with Crippen LogP contribution in [0.4, 0.5) is 4.39 Å². The smallest absolute Gasteiger partial charge is 0.182 e. The van der Waals surface area contributed by atoms with E-state index in [1.54, 1.807) is 19.1 Å². The van der Waals surface area contributed by atoms with E-state index in [0.717, 1.165) is 0 Å². The molecule has 1 saturated carbocycles. The third-order valence-corrected chi connectivity index (χ3v) is 7.87. The molecular formula is C19H19ClFNO3S2. The van der Waals surface area contributed by atoms with Crippen LogP contribution in [0.25, 0.3) is 0 Å². The largest absolute Gasteiger partial charge is 0.393 e. The first-order valence-corrected chi connectivity index (χ1v) is 10.7. The summed E-state index contributed by atoms with van der Waals surface area (Å²) < 4.78 is 46.0. The van der Waals surface area contributed by atoms with Crippen molar-refractivity contribution in [3.8, 4) is 0 Å². The van der Waals surface area contributed by atoms with Gasteiger partial charge in [0, 0.05) is 17.5 Å². The standard InChI is InChI=1S/C19H19ClFNO3S2/c1-2-25-11-19(18(22)26)16(12-4-3-5-14(21)10-12)17(19)27(23,24)15-8-6-13(20)7-9-15/h3-10,16-17H,2,11H2,1H3,(H2,22,26)/t16-,17+,19-/m0/s1. The van der Waals surface area contributed by atoms with Crippen molar-refractivity contribution in [1.29, 1.82) is 0 Å². The SMILES string of the molecule is CCOC[C@@]1(C(N)=S)[C@H](S(=O)(=O)c2ccc(Cl)cc2)[C@@H]1c1cccc(F)c1. The minimum absolute atomic E-state index is 0.0488. The molecule has 3 rings (SSSR count). The van der Waals surface area contributed by atoms with Crippen LogP contribution >= 0.6 is 23.8 Å². The number of rotatable bonds is 7. The Morgan fingerprint density at radius 2 is 1.96 bits per heavy atom. The fourth-order valence-corrected chi connectivity index (χ4v) is 6.51. The number of sulfone groups is 1. The monoisotopic (exact) mass is 427 g/mol. The molecule has 0 amide bonds. The maximum Gasteiger partial charge on any atom is 0.182 e. The molecule has 27 heavy (non-hydrogen) atoms. The first kappa shape index (κ1) is 20.2. The Hall–Kier alpha value is -1.54. The number of hydrogen-bond acceptors (Lipinski definition) is 4. The lowest BCUT2D eigenvalue weighted by Crippen LogP contribution is -2.33. The van der Waals surface area contributed by atoms with Gasteiger partial charge in [-0.05, 0) is 48.9 Å². The van der Waals surface area contributed by atoms with Crippen molar-refractivity contribution in [3.05, 3.63) is 64.9 Å². The average Bonchev–Trinajstić information content (AvgIpc) is 3.32. The summed E-state index contributed by atoms with van der Waals surface area (Å²) in [6.45, 7) is 2.24. The van der Waals surface area contributed by atoms with Gasteiger partial charge >= 0.3 is 0 Å². The molecule has 0 unspecified atom stereocenters. The minimum Gasteiger partial charge on any atom is -0.393 e. The Bertz CT molecular complexity index is 965. The molecule has 2 aromatic rings. The van der Waals surface area contributed by atoms with Crippen molar-refractivity contribution >= 4 is 38.6 Å². The van der Waals surface area contributed by atoms with Crippen LogP contribution in [0, 0.1) is 11.2 Å². The van der Waals surface area contributed by atoms with Gasteiger partial charge in [-0.25, -0.2) is 12.8 Å². The Kier molecular flexibility index (Phi) is 5.59. The molecule has 2 N–H and O–H groups in total. The van der Waals surface area contributed by atoms with Crippen LogP contribution in [0.15, 0.2) is 53.4 Å². The fraction of sp³-hybridized carbons (Fsp3) is 0.316. The van der Waals surface area contributed by atoms with Crippen molar-refractivity contribution in [2.24, 2.45) is 11.1 Å². The van der Waals surface area contributed by atoms with Crippen LogP contribution in [0.5, 0.6) is 0 Å². The molecule has 0 radical (unpaired) electrons. The maximum absolute atomic E-state index is 13.8. The van der Waals surface area contributed by atoms with E-state index in [2.05, 4.69) is 0 Å². The normalized spacial score (nSPS) is 24.6. The molecule has 0 saturated heterocycles. The summed E-state index contributed by atoms with van der Waals surface area (Å²) in [6, 6.07) is 11.8. The molecule has 0 heterocycles. The topological polar surface area (TPSA) is 69.4 Å². The summed E-state index contributed by atoms with van der Waals surface area (Å²) in [7, 11) is -3.80. The highest BCUT2D eigenvalue weighted by atomic mass is 35.5. The fourth-order valence-electron chi connectivity index (χ4n) is 3.61. The van der Waals surface area contributed by atoms with Crippen LogP contribution < -0.4 is 5.73 Å². The quantitative estimate of drug-likeness (QED) is 0.682. The van der Waals surface area contributed by atoms with Crippen LogP contribution in [-0.2, 0) is 14.6 Å². The van der Waals surface area contributed by atoms with E-state index >= 15 is 0 Å². The lowest BCUT2D eigenvalue weighted by molar-refractivity contribution is 0.121. The highest BCUT2D eigenvalue weighted by Crippen LogP contribution is 2.64. The Balaban J connectivity index is 2.12. The van der Waals surface area contributed by atoms with Gasteiger partial charge in [0.2, 0.25) is 0 Å². The Morgan fingerprint density at radius 3 is 2.52 bits per heavy atom. The van der Waals surface area contributed by atoms with E-state index < -0.39 is 32.2 Å². The van der Waals surface area contributed by atoms with Crippen LogP contribution in [0.1, 0.15) is 18.4 Å². The van der Waals surface area contributed by atoms with Gasteiger partial charge in [-0.15, -0.1) is 0 Å². The van der Waals surface area contributed by atoms with E-state index in [9.17, 15) is 12.8 Å². The summed E-state index contributed by atoms with van der Waals surface area (Å²) >= 11 is 11.1. The van der Waals surface area contributed by atoms with Crippen LogP contribution in [0.3, 0.4) is 0 Å². The number of hydrogen-bond donors (Lipinski definition) is 1. The zero-order valence-electron chi connectivity index (χ0n) is 14.6. The van der Waals surface area contributed by atoms with Crippen LogP contribution in [0.2, 0.25) is 5.02 Å². The third-order valence-electron chi connectivity index (χ3n) is 4.94. The molecule has 1 aliphatic rings. The van der Waals surface area contributed by atoms with Crippen molar-refractivity contribution in [3.63, 3.8) is 0 Å². The van der Waals surface area contributed by atoms with Gasteiger partial charge in [0.25, 0.3) is 0 Å². The van der Waals surface area contributed by atoms with E-state index in [-0.39, 0.29) is 16.5 Å². The molecule has 2 aromatic carbocycles. The summed E-state index contributed by atoms with van der Waals surface area (Å²) in [4.78, 5) is 0.167. The van der Waals surface area contributed by atoms with Crippen molar-refractivity contribution in [1.82, 2.24) is 0 Å². The maximum atomic E-state index is 13.8. The summed E-state index contributed by atoms with van der Waals surface area (Å²) in [5.74, 6) is -1.03. The van der Waals surface area contributed by atoms with Gasteiger partial charge in [0.05, 0.1) is 27.2 Å². The predicted octanol–water partition coefficient (Wildman–Crippen LogP) is 3.73. The van der Waals surface area contributed by atoms with Gasteiger partial charge in [0.1, 0.15) is 5.82 Å².